The van der Waals surface area contributed by atoms with Gasteiger partial charge in [-0.3, -0.25) is 9.78 Å². The zero-order chi connectivity index (χ0) is 18.9. The number of sulfonamides is 1. The molecule has 2 aromatic rings. The van der Waals surface area contributed by atoms with Gasteiger partial charge in [0.25, 0.3) is 5.91 Å². The Hall–Kier alpha value is -2.06. The van der Waals surface area contributed by atoms with Gasteiger partial charge < -0.3 is 4.90 Å². The summed E-state index contributed by atoms with van der Waals surface area (Å²) in [5.41, 5.74) is 1.58. The molecule has 1 atom stereocenters. The van der Waals surface area contributed by atoms with Crippen molar-refractivity contribution in [3.05, 3.63) is 41.3 Å². The SMILES string of the molecule is Cc1nc2cc(F)ccc2cc1C(=O)N1CCC[C@H](CNS(C)(=O)=O)C1. The third kappa shape index (κ3) is 4.37. The van der Waals surface area contributed by atoms with Gasteiger partial charge in [0.15, 0.2) is 0 Å². The quantitative estimate of drug-likeness (QED) is 0.882. The predicted octanol–water partition coefficient (Wildman–Crippen LogP) is 2.08. The molecule has 2 heterocycles. The van der Waals surface area contributed by atoms with Crippen LogP contribution in [-0.2, 0) is 10.0 Å². The van der Waals surface area contributed by atoms with E-state index in [4.69, 9.17) is 0 Å². The molecule has 0 bridgehead atoms. The summed E-state index contributed by atoms with van der Waals surface area (Å²) in [6.07, 6.45) is 2.83. The molecular formula is C18H22FN3O3S. The number of aryl methyl sites for hydroxylation is 1. The van der Waals surface area contributed by atoms with E-state index in [1.807, 2.05) is 0 Å². The van der Waals surface area contributed by atoms with Crippen LogP contribution in [0.2, 0.25) is 0 Å². The molecule has 0 aliphatic carbocycles. The number of nitrogens with one attached hydrogen (secondary N) is 1. The van der Waals surface area contributed by atoms with E-state index in [0.29, 0.717) is 41.8 Å². The third-order valence-electron chi connectivity index (χ3n) is 4.64. The van der Waals surface area contributed by atoms with Gasteiger partial charge in [0.2, 0.25) is 10.0 Å². The molecule has 1 amide bonds. The Labute approximate surface area is 152 Å². The first-order valence-corrected chi connectivity index (χ1v) is 10.4. The van der Waals surface area contributed by atoms with Crippen LogP contribution in [-0.4, -0.2) is 50.1 Å². The number of halogens is 1. The molecule has 0 unspecified atom stereocenters. The van der Waals surface area contributed by atoms with E-state index in [0.717, 1.165) is 19.1 Å². The van der Waals surface area contributed by atoms with Crippen molar-refractivity contribution >= 4 is 26.8 Å². The Kier molecular flexibility index (Phi) is 5.24. The van der Waals surface area contributed by atoms with Crippen LogP contribution in [0.1, 0.15) is 28.9 Å². The highest BCUT2D eigenvalue weighted by atomic mass is 32.2. The van der Waals surface area contributed by atoms with Crippen LogP contribution in [0.15, 0.2) is 24.3 Å². The van der Waals surface area contributed by atoms with Crippen LogP contribution in [0.3, 0.4) is 0 Å². The number of pyridine rings is 1. The van der Waals surface area contributed by atoms with Crippen molar-refractivity contribution in [3.8, 4) is 0 Å². The summed E-state index contributed by atoms with van der Waals surface area (Å²) in [6.45, 7) is 3.21. The zero-order valence-electron chi connectivity index (χ0n) is 14.8. The average Bonchev–Trinajstić information content (AvgIpc) is 2.58. The molecule has 8 heteroatoms. The number of carbonyl (C=O) groups excluding carboxylic acids is 1. The first-order valence-electron chi connectivity index (χ1n) is 8.54. The van der Waals surface area contributed by atoms with Crippen molar-refractivity contribution in [2.45, 2.75) is 19.8 Å². The van der Waals surface area contributed by atoms with Gasteiger partial charge in [-0.2, -0.15) is 0 Å². The fourth-order valence-electron chi connectivity index (χ4n) is 3.31. The fourth-order valence-corrected chi connectivity index (χ4v) is 3.85. The summed E-state index contributed by atoms with van der Waals surface area (Å²) in [6, 6.07) is 6.06. The van der Waals surface area contributed by atoms with E-state index in [-0.39, 0.29) is 17.6 Å². The molecular weight excluding hydrogens is 357 g/mol. The molecule has 1 aromatic heterocycles. The van der Waals surface area contributed by atoms with E-state index in [1.165, 1.54) is 12.1 Å². The summed E-state index contributed by atoms with van der Waals surface area (Å²) >= 11 is 0. The van der Waals surface area contributed by atoms with E-state index in [2.05, 4.69) is 9.71 Å². The lowest BCUT2D eigenvalue weighted by atomic mass is 9.97. The lowest BCUT2D eigenvalue weighted by molar-refractivity contribution is 0.0675. The molecule has 1 N–H and O–H groups in total. The van der Waals surface area contributed by atoms with Crippen molar-refractivity contribution in [1.82, 2.24) is 14.6 Å². The molecule has 0 spiro atoms. The average molecular weight is 379 g/mol. The first-order chi connectivity index (χ1) is 12.2. The van der Waals surface area contributed by atoms with Gasteiger partial charge >= 0.3 is 0 Å². The van der Waals surface area contributed by atoms with Crippen molar-refractivity contribution in [2.24, 2.45) is 5.92 Å². The minimum Gasteiger partial charge on any atom is -0.338 e. The highest BCUT2D eigenvalue weighted by Gasteiger charge is 2.26. The lowest BCUT2D eigenvalue weighted by Crippen LogP contribution is -2.43. The molecule has 3 rings (SSSR count). The van der Waals surface area contributed by atoms with Gasteiger partial charge in [0, 0.05) is 31.1 Å². The number of rotatable bonds is 4. The largest absolute Gasteiger partial charge is 0.338 e. The summed E-state index contributed by atoms with van der Waals surface area (Å²) in [4.78, 5) is 19.1. The van der Waals surface area contributed by atoms with Crippen LogP contribution in [0.5, 0.6) is 0 Å². The zero-order valence-corrected chi connectivity index (χ0v) is 15.6. The molecule has 1 aliphatic heterocycles. The van der Waals surface area contributed by atoms with Gasteiger partial charge in [-0.1, -0.05) is 0 Å². The smallest absolute Gasteiger partial charge is 0.255 e. The molecule has 1 saturated heterocycles. The highest BCUT2D eigenvalue weighted by Crippen LogP contribution is 2.22. The highest BCUT2D eigenvalue weighted by molar-refractivity contribution is 7.88. The standard InChI is InChI=1S/C18H22FN3O3S/c1-12-16(8-14-5-6-15(19)9-17(14)21-12)18(23)22-7-3-4-13(11-22)10-20-26(2,24)25/h5-6,8-9,13,20H,3-4,7,10-11H2,1-2H3/t13-/m1/s1. The van der Waals surface area contributed by atoms with Gasteiger partial charge in [0.05, 0.1) is 23.0 Å². The molecule has 1 aliphatic rings. The predicted molar refractivity (Wildman–Crippen MR) is 97.9 cm³/mol. The van der Waals surface area contributed by atoms with Crippen molar-refractivity contribution in [2.75, 3.05) is 25.9 Å². The van der Waals surface area contributed by atoms with Crippen molar-refractivity contribution in [3.63, 3.8) is 0 Å². The van der Waals surface area contributed by atoms with Crippen LogP contribution < -0.4 is 4.72 Å². The normalized spacial score (nSPS) is 18.3. The van der Waals surface area contributed by atoms with E-state index in [1.54, 1.807) is 24.0 Å². The summed E-state index contributed by atoms with van der Waals surface area (Å²) in [5, 5.41) is 0.715. The Morgan fingerprint density at radius 1 is 1.38 bits per heavy atom. The maximum absolute atomic E-state index is 13.4. The molecule has 1 aromatic carbocycles. The van der Waals surface area contributed by atoms with Gasteiger partial charge in [0.1, 0.15) is 5.82 Å². The minimum absolute atomic E-state index is 0.0882. The lowest BCUT2D eigenvalue weighted by Gasteiger charge is -2.33. The molecule has 1 fully saturated rings. The van der Waals surface area contributed by atoms with Crippen LogP contribution in [0.25, 0.3) is 10.9 Å². The number of aromatic nitrogens is 1. The van der Waals surface area contributed by atoms with E-state index >= 15 is 0 Å². The fraction of sp³-hybridized carbons (Fsp3) is 0.444. The number of benzene rings is 1. The summed E-state index contributed by atoms with van der Waals surface area (Å²) in [5.74, 6) is -0.392. The second kappa shape index (κ2) is 7.28. The second-order valence-corrected chi connectivity index (χ2v) is 8.67. The maximum atomic E-state index is 13.4. The Balaban J connectivity index is 1.79. The minimum atomic E-state index is -3.24. The maximum Gasteiger partial charge on any atom is 0.255 e. The molecule has 140 valence electrons. The number of likely N-dealkylation sites (tertiary alicyclic amines) is 1. The van der Waals surface area contributed by atoms with Crippen molar-refractivity contribution in [1.29, 1.82) is 0 Å². The number of amides is 1. The number of hydrogen-bond acceptors (Lipinski definition) is 4. The second-order valence-electron chi connectivity index (χ2n) is 6.84. The Morgan fingerprint density at radius 2 is 2.15 bits per heavy atom. The summed E-state index contributed by atoms with van der Waals surface area (Å²) < 4.78 is 38.4. The monoisotopic (exact) mass is 379 g/mol. The van der Waals surface area contributed by atoms with Gasteiger partial charge in [-0.05, 0) is 43.9 Å². The number of fused-ring (bicyclic) bond motifs is 1. The molecule has 0 radical (unpaired) electrons. The van der Waals surface area contributed by atoms with Gasteiger partial charge in [-0.25, -0.2) is 17.5 Å². The van der Waals surface area contributed by atoms with Crippen LogP contribution in [0.4, 0.5) is 4.39 Å². The number of carbonyl (C=O) groups is 1. The summed E-state index contributed by atoms with van der Waals surface area (Å²) in [7, 11) is -3.24. The number of nitrogens with zero attached hydrogens (tertiary/aromatic N) is 2. The Morgan fingerprint density at radius 3 is 2.88 bits per heavy atom. The molecule has 0 saturated carbocycles. The molecule has 26 heavy (non-hydrogen) atoms. The first kappa shape index (κ1) is 18.7. The van der Waals surface area contributed by atoms with Crippen molar-refractivity contribution < 1.29 is 17.6 Å². The van der Waals surface area contributed by atoms with E-state index in [9.17, 15) is 17.6 Å². The third-order valence-corrected chi connectivity index (χ3v) is 5.33. The number of hydrogen-bond donors (Lipinski definition) is 1. The van der Waals surface area contributed by atoms with Gasteiger partial charge in [-0.15, -0.1) is 0 Å². The topological polar surface area (TPSA) is 79.4 Å². The molecule has 6 nitrogen and oxygen atoms in total. The number of piperidine rings is 1. The Bertz CT molecular complexity index is 946. The van der Waals surface area contributed by atoms with Crippen LogP contribution in [0, 0.1) is 18.7 Å². The van der Waals surface area contributed by atoms with E-state index < -0.39 is 10.0 Å². The van der Waals surface area contributed by atoms with Crippen LogP contribution >= 0.6 is 0 Å².